The summed E-state index contributed by atoms with van der Waals surface area (Å²) in [6.45, 7) is 0.404. The van der Waals surface area contributed by atoms with Gasteiger partial charge < -0.3 is 5.73 Å². The van der Waals surface area contributed by atoms with Gasteiger partial charge >= 0.3 is 0 Å². The molecule has 2 N–H and O–H groups in total. The van der Waals surface area contributed by atoms with E-state index in [0.29, 0.717) is 12.1 Å². The predicted octanol–water partition coefficient (Wildman–Crippen LogP) is 4.38. The van der Waals surface area contributed by atoms with Gasteiger partial charge in [-0.2, -0.15) is 0 Å². The Morgan fingerprint density at radius 2 is 1.78 bits per heavy atom. The Morgan fingerprint density at radius 1 is 1.11 bits per heavy atom. The molecule has 0 saturated heterocycles. The van der Waals surface area contributed by atoms with Crippen molar-refractivity contribution in [2.24, 2.45) is 5.73 Å². The SMILES string of the molecule is NCC(Sc1ccc(Br)cc1)c1ccccc1F. The molecular weight excluding hydrogens is 313 g/mol. The van der Waals surface area contributed by atoms with Crippen LogP contribution in [0.3, 0.4) is 0 Å². The third kappa shape index (κ3) is 3.34. The molecule has 0 spiro atoms. The summed E-state index contributed by atoms with van der Waals surface area (Å²) >= 11 is 4.97. The molecule has 0 aliphatic carbocycles. The number of hydrogen-bond acceptors (Lipinski definition) is 2. The maximum Gasteiger partial charge on any atom is 0.127 e. The van der Waals surface area contributed by atoms with E-state index in [2.05, 4.69) is 15.9 Å². The molecule has 0 radical (unpaired) electrons. The monoisotopic (exact) mass is 325 g/mol. The summed E-state index contributed by atoms with van der Waals surface area (Å²) in [5, 5.41) is -0.0626. The second kappa shape index (κ2) is 6.36. The highest BCUT2D eigenvalue weighted by Gasteiger charge is 2.15. The molecule has 2 aromatic carbocycles. The van der Waals surface area contributed by atoms with Gasteiger partial charge in [0.15, 0.2) is 0 Å². The molecule has 0 aliphatic rings. The van der Waals surface area contributed by atoms with Crippen molar-refractivity contribution in [2.75, 3.05) is 6.54 Å². The zero-order valence-corrected chi connectivity index (χ0v) is 12.0. The van der Waals surface area contributed by atoms with E-state index in [1.807, 2.05) is 30.3 Å². The summed E-state index contributed by atoms with van der Waals surface area (Å²) in [4.78, 5) is 1.08. The van der Waals surface area contributed by atoms with E-state index in [9.17, 15) is 4.39 Å². The first-order valence-corrected chi connectivity index (χ1v) is 7.24. The smallest absolute Gasteiger partial charge is 0.127 e. The van der Waals surface area contributed by atoms with Crippen molar-refractivity contribution < 1.29 is 4.39 Å². The molecular formula is C14H13BrFNS. The van der Waals surface area contributed by atoms with Crippen molar-refractivity contribution >= 4 is 27.7 Å². The van der Waals surface area contributed by atoms with Gasteiger partial charge in [-0.25, -0.2) is 4.39 Å². The van der Waals surface area contributed by atoms with Gasteiger partial charge in [0, 0.05) is 26.7 Å². The molecule has 0 amide bonds. The van der Waals surface area contributed by atoms with E-state index in [-0.39, 0.29) is 11.1 Å². The molecule has 0 bridgehead atoms. The summed E-state index contributed by atoms with van der Waals surface area (Å²) in [5.74, 6) is -0.197. The molecule has 4 heteroatoms. The molecule has 2 aromatic rings. The van der Waals surface area contributed by atoms with Crippen molar-refractivity contribution in [3.63, 3.8) is 0 Å². The van der Waals surface area contributed by atoms with Crippen LogP contribution in [0, 0.1) is 5.82 Å². The van der Waals surface area contributed by atoms with E-state index in [1.165, 1.54) is 6.07 Å². The average Bonchev–Trinajstić information content (AvgIpc) is 2.39. The van der Waals surface area contributed by atoms with Crippen LogP contribution in [0.4, 0.5) is 4.39 Å². The highest BCUT2D eigenvalue weighted by Crippen LogP contribution is 2.35. The van der Waals surface area contributed by atoms with E-state index in [1.54, 1.807) is 23.9 Å². The minimum Gasteiger partial charge on any atom is -0.329 e. The van der Waals surface area contributed by atoms with E-state index in [0.717, 1.165) is 9.37 Å². The molecule has 94 valence electrons. The summed E-state index contributed by atoms with van der Waals surface area (Å²) in [5.41, 5.74) is 6.41. The Labute approximate surface area is 119 Å². The lowest BCUT2D eigenvalue weighted by atomic mass is 10.1. The number of thioether (sulfide) groups is 1. The first-order valence-electron chi connectivity index (χ1n) is 5.57. The zero-order valence-electron chi connectivity index (χ0n) is 9.64. The van der Waals surface area contributed by atoms with Crippen LogP contribution in [-0.4, -0.2) is 6.54 Å². The number of hydrogen-bond donors (Lipinski definition) is 1. The molecule has 2 rings (SSSR count). The quantitative estimate of drug-likeness (QED) is 0.844. The van der Waals surface area contributed by atoms with Crippen molar-refractivity contribution in [2.45, 2.75) is 10.1 Å². The van der Waals surface area contributed by atoms with Crippen molar-refractivity contribution in [1.29, 1.82) is 0 Å². The second-order valence-corrected chi connectivity index (χ2v) is 6.01. The highest BCUT2D eigenvalue weighted by atomic mass is 79.9. The maximum atomic E-state index is 13.7. The lowest BCUT2D eigenvalue weighted by Gasteiger charge is -2.15. The largest absolute Gasteiger partial charge is 0.329 e. The van der Waals surface area contributed by atoms with Crippen LogP contribution in [0.2, 0.25) is 0 Å². The summed E-state index contributed by atoms with van der Waals surface area (Å²) in [7, 11) is 0. The van der Waals surface area contributed by atoms with Gasteiger partial charge in [-0.1, -0.05) is 34.1 Å². The molecule has 0 aliphatic heterocycles. The van der Waals surface area contributed by atoms with Crippen molar-refractivity contribution in [1.82, 2.24) is 0 Å². The van der Waals surface area contributed by atoms with Crippen LogP contribution in [-0.2, 0) is 0 Å². The lowest BCUT2D eigenvalue weighted by Crippen LogP contribution is -2.10. The number of nitrogens with two attached hydrogens (primary N) is 1. The van der Waals surface area contributed by atoms with Crippen LogP contribution in [0.15, 0.2) is 57.9 Å². The van der Waals surface area contributed by atoms with Crippen LogP contribution in [0.1, 0.15) is 10.8 Å². The van der Waals surface area contributed by atoms with Crippen LogP contribution >= 0.6 is 27.7 Å². The molecule has 1 unspecified atom stereocenters. The number of rotatable bonds is 4. The van der Waals surface area contributed by atoms with Gasteiger partial charge in [0.1, 0.15) is 5.82 Å². The maximum absolute atomic E-state index is 13.7. The molecule has 1 atom stereocenters. The standard InChI is InChI=1S/C14H13BrFNS/c15-10-5-7-11(8-6-10)18-14(9-17)12-3-1-2-4-13(12)16/h1-8,14H,9,17H2. The Morgan fingerprint density at radius 3 is 2.39 bits per heavy atom. The molecule has 0 aromatic heterocycles. The van der Waals surface area contributed by atoms with Crippen molar-refractivity contribution in [3.05, 3.63) is 64.4 Å². The average molecular weight is 326 g/mol. The predicted molar refractivity (Wildman–Crippen MR) is 78.2 cm³/mol. The van der Waals surface area contributed by atoms with Gasteiger partial charge in [-0.05, 0) is 30.3 Å². The Bertz CT molecular complexity index is 515. The fourth-order valence-corrected chi connectivity index (χ4v) is 2.95. The molecule has 0 heterocycles. The number of benzene rings is 2. The lowest BCUT2D eigenvalue weighted by molar-refractivity contribution is 0.608. The molecule has 0 fully saturated rings. The number of halogens is 2. The van der Waals surface area contributed by atoms with E-state index in [4.69, 9.17) is 5.73 Å². The molecule has 0 saturated carbocycles. The van der Waals surface area contributed by atoms with Gasteiger partial charge in [0.25, 0.3) is 0 Å². The Balaban J connectivity index is 2.20. The second-order valence-electron chi connectivity index (χ2n) is 3.82. The normalized spacial score (nSPS) is 12.4. The van der Waals surface area contributed by atoms with Crippen LogP contribution in [0.5, 0.6) is 0 Å². The van der Waals surface area contributed by atoms with Crippen LogP contribution in [0.25, 0.3) is 0 Å². The summed E-state index contributed by atoms with van der Waals surface area (Å²) in [6.07, 6.45) is 0. The minimum absolute atomic E-state index is 0.0626. The Kier molecular flexibility index (Phi) is 4.80. The van der Waals surface area contributed by atoms with Gasteiger partial charge in [0.2, 0.25) is 0 Å². The molecule has 18 heavy (non-hydrogen) atoms. The fourth-order valence-electron chi connectivity index (χ4n) is 1.65. The van der Waals surface area contributed by atoms with Gasteiger partial charge in [0.05, 0.1) is 0 Å². The summed E-state index contributed by atoms with van der Waals surface area (Å²) < 4.78 is 14.7. The highest BCUT2D eigenvalue weighted by molar-refractivity contribution is 9.10. The van der Waals surface area contributed by atoms with Gasteiger partial charge in [-0.3, -0.25) is 0 Å². The topological polar surface area (TPSA) is 26.0 Å². The van der Waals surface area contributed by atoms with E-state index < -0.39 is 0 Å². The fraction of sp³-hybridized carbons (Fsp3) is 0.143. The minimum atomic E-state index is -0.197. The Hall–Kier alpha value is -0.840. The van der Waals surface area contributed by atoms with Crippen LogP contribution < -0.4 is 5.73 Å². The van der Waals surface area contributed by atoms with E-state index >= 15 is 0 Å². The van der Waals surface area contributed by atoms with Crippen molar-refractivity contribution in [3.8, 4) is 0 Å². The first-order chi connectivity index (χ1) is 8.70. The van der Waals surface area contributed by atoms with Gasteiger partial charge in [-0.15, -0.1) is 11.8 Å². The first kappa shape index (κ1) is 13.6. The third-order valence-corrected chi connectivity index (χ3v) is 4.36. The molecule has 1 nitrogen and oxygen atoms in total. The zero-order chi connectivity index (χ0) is 13.0. The third-order valence-electron chi connectivity index (χ3n) is 2.56. The summed E-state index contributed by atoms with van der Waals surface area (Å²) in [6, 6.07) is 14.7.